The van der Waals surface area contributed by atoms with Crippen LogP contribution in [0.25, 0.3) is 0 Å². The lowest BCUT2D eigenvalue weighted by molar-refractivity contribution is 0.0622. The number of hydrogen-bond acceptors (Lipinski definition) is 4. The molecule has 2 aromatic rings. The van der Waals surface area contributed by atoms with Gasteiger partial charge >= 0.3 is 0 Å². The maximum absolute atomic E-state index is 13.1. The van der Waals surface area contributed by atoms with E-state index in [4.69, 9.17) is 4.52 Å². The lowest BCUT2D eigenvalue weighted by Crippen LogP contribution is -2.49. The minimum Gasteiger partial charge on any atom is -0.360 e. The predicted octanol–water partition coefficient (Wildman–Crippen LogP) is 2.34. The average Bonchev–Trinajstić information content (AvgIpc) is 3.06. The van der Waals surface area contributed by atoms with Crippen LogP contribution in [0, 0.1) is 0 Å². The van der Waals surface area contributed by atoms with Crippen molar-refractivity contribution in [1.29, 1.82) is 0 Å². The molecular formula is C18H21N3O2. The zero-order valence-corrected chi connectivity index (χ0v) is 13.1. The molecule has 5 heteroatoms. The first kappa shape index (κ1) is 14.5. The van der Waals surface area contributed by atoms with Crippen LogP contribution in [-0.2, 0) is 12.8 Å². The van der Waals surface area contributed by atoms with Gasteiger partial charge in [-0.2, -0.15) is 0 Å². The third-order valence-electron chi connectivity index (χ3n) is 4.84. The first-order valence-corrected chi connectivity index (χ1v) is 8.38. The SMILES string of the molecule is O=C(c1noc2c1CCCC2)N1CCNC[C@@H]1c1ccccc1. The molecule has 1 fully saturated rings. The van der Waals surface area contributed by atoms with E-state index >= 15 is 0 Å². The molecule has 1 N–H and O–H groups in total. The van der Waals surface area contributed by atoms with Crippen molar-refractivity contribution in [2.75, 3.05) is 19.6 Å². The second kappa shape index (κ2) is 6.16. The Bertz CT molecular complexity index is 696. The van der Waals surface area contributed by atoms with Crippen LogP contribution >= 0.6 is 0 Å². The van der Waals surface area contributed by atoms with Crippen molar-refractivity contribution in [1.82, 2.24) is 15.4 Å². The van der Waals surface area contributed by atoms with E-state index in [1.165, 1.54) is 0 Å². The van der Waals surface area contributed by atoms with E-state index in [1.807, 2.05) is 23.1 Å². The number of nitrogens with one attached hydrogen (secondary N) is 1. The van der Waals surface area contributed by atoms with E-state index in [-0.39, 0.29) is 11.9 Å². The fraction of sp³-hybridized carbons (Fsp3) is 0.444. The minimum absolute atomic E-state index is 0.00672. The van der Waals surface area contributed by atoms with Crippen molar-refractivity contribution in [3.8, 4) is 0 Å². The van der Waals surface area contributed by atoms with Gasteiger partial charge in [-0.25, -0.2) is 0 Å². The number of benzene rings is 1. The van der Waals surface area contributed by atoms with Crippen molar-refractivity contribution in [2.45, 2.75) is 31.7 Å². The zero-order chi connectivity index (χ0) is 15.6. The van der Waals surface area contributed by atoms with Crippen molar-refractivity contribution in [3.63, 3.8) is 0 Å². The lowest BCUT2D eigenvalue weighted by atomic mass is 9.95. The first-order valence-electron chi connectivity index (χ1n) is 8.38. The fourth-order valence-electron chi connectivity index (χ4n) is 3.61. The molecule has 1 aliphatic carbocycles. The first-order chi connectivity index (χ1) is 11.3. The van der Waals surface area contributed by atoms with Crippen molar-refractivity contribution >= 4 is 5.91 Å². The predicted molar refractivity (Wildman–Crippen MR) is 86.2 cm³/mol. The minimum atomic E-state index is 0.00672. The maximum atomic E-state index is 13.1. The largest absolute Gasteiger partial charge is 0.360 e. The molecule has 0 spiro atoms. The van der Waals surface area contributed by atoms with Gasteiger partial charge in [-0.15, -0.1) is 0 Å². The molecule has 4 rings (SSSR count). The summed E-state index contributed by atoms with van der Waals surface area (Å²) >= 11 is 0. The summed E-state index contributed by atoms with van der Waals surface area (Å²) in [4.78, 5) is 15.0. The standard InChI is InChI=1S/C18H21N3O2/c22-18(17-14-8-4-5-9-16(14)23-20-17)21-11-10-19-12-15(21)13-6-2-1-3-7-13/h1-3,6-7,15,19H,4-5,8-12H2/t15-/m1/s1. The van der Waals surface area contributed by atoms with Gasteiger partial charge in [0, 0.05) is 31.6 Å². The Kier molecular flexibility index (Phi) is 3.87. The van der Waals surface area contributed by atoms with Gasteiger partial charge in [0.1, 0.15) is 5.76 Å². The molecule has 0 radical (unpaired) electrons. The summed E-state index contributed by atoms with van der Waals surface area (Å²) in [5, 5.41) is 7.50. The highest BCUT2D eigenvalue weighted by molar-refractivity contribution is 5.94. The number of amides is 1. The fourth-order valence-corrected chi connectivity index (χ4v) is 3.61. The Hall–Kier alpha value is -2.14. The van der Waals surface area contributed by atoms with E-state index in [0.717, 1.165) is 55.7 Å². The Morgan fingerprint density at radius 2 is 2.04 bits per heavy atom. The van der Waals surface area contributed by atoms with Crippen LogP contribution in [0.3, 0.4) is 0 Å². The van der Waals surface area contributed by atoms with Crippen LogP contribution in [-0.4, -0.2) is 35.6 Å². The second-order valence-corrected chi connectivity index (χ2v) is 6.27. The molecule has 120 valence electrons. The summed E-state index contributed by atoms with van der Waals surface area (Å²) in [5.41, 5.74) is 2.72. The molecule has 0 bridgehead atoms. The molecule has 23 heavy (non-hydrogen) atoms. The second-order valence-electron chi connectivity index (χ2n) is 6.27. The average molecular weight is 311 g/mol. The van der Waals surface area contributed by atoms with Crippen LogP contribution in [0.2, 0.25) is 0 Å². The quantitative estimate of drug-likeness (QED) is 0.925. The van der Waals surface area contributed by atoms with Gasteiger partial charge in [0.05, 0.1) is 6.04 Å². The Morgan fingerprint density at radius 1 is 1.22 bits per heavy atom. The summed E-state index contributed by atoms with van der Waals surface area (Å²) in [5.74, 6) is 0.915. The number of piperazine rings is 1. The highest BCUT2D eigenvalue weighted by Crippen LogP contribution is 2.28. The van der Waals surface area contributed by atoms with Gasteiger partial charge < -0.3 is 14.7 Å². The molecular weight excluding hydrogens is 290 g/mol. The van der Waals surface area contributed by atoms with E-state index in [0.29, 0.717) is 12.2 Å². The molecule has 1 aliphatic heterocycles. The van der Waals surface area contributed by atoms with Crippen LogP contribution in [0.1, 0.15) is 46.3 Å². The van der Waals surface area contributed by atoms with Gasteiger partial charge in [-0.1, -0.05) is 35.5 Å². The van der Waals surface area contributed by atoms with Crippen molar-refractivity contribution < 1.29 is 9.32 Å². The van der Waals surface area contributed by atoms with Gasteiger partial charge in [0.25, 0.3) is 5.91 Å². The van der Waals surface area contributed by atoms with Crippen LogP contribution in [0.4, 0.5) is 0 Å². The Labute approximate surface area is 135 Å². The van der Waals surface area contributed by atoms with E-state index in [9.17, 15) is 4.79 Å². The molecule has 0 unspecified atom stereocenters. The monoisotopic (exact) mass is 311 g/mol. The number of aryl methyl sites for hydroxylation is 1. The van der Waals surface area contributed by atoms with E-state index in [1.54, 1.807) is 0 Å². The molecule has 1 aromatic heterocycles. The van der Waals surface area contributed by atoms with Gasteiger partial charge in [0.15, 0.2) is 5.69 Å². The van der Waals surface area contributed by atoms with Gasteiger partial charge in [0.2, 0.25) is 0 Å². The number of fused-ring (bicyclic) bond motifs is 1. The highest BCUT2D eigenvalue weighted by Gasteiger charge is 2.33. The number of rotatable bonds is 2. The van der Waals surface area contributed by atoms with Gasteiger partial charge in [-0.3, -0.25) is 4.79 Å². The van der Waals surface area contributed by atoms with Crippen LogP contribution in [0.5, 0.6) is 0 Å². The third kappa shape index (κ3) is 2.65. The van der Waals surface area contributed by atoms with Crippen LogP contribution < -0.4 is 5.32 Å². The van der Waals surface area contributed by atoms with Crippen molar-refractivity contribution in [2.24, 2.45) is 0 Å². The normalized spacial score (nSPS) is 21.0. The molecule has 5 nitrogen and oxygen atoms in total. The molecule has 1 atom stereocenters. The molecule has 1 amide bonds. The highest BCUT2D eigenvalue weighted by atomic mass is 16.5. The zero-order valence-electron chi connectivity index (χ0n) is 13.1. The summed E-state index contributed by atoms with van der Waals surface area (Å²) in [6.07, 6.45) is 4.04. The molecule has 1 saturated heterocycles. The number of carbonyl (C=O) groups excluding carboxylic acids is 1. The van der Waals surface area contributed by atoms with Gasteiger partial charge in [-0.05, 0) is 24.8 Å². The van der Waals surface area contributed by atoms with E-state index in [2.05, 4.69) is 22.6 Å². The van der Waals surface area contributed by atoms with Crippen LogP contribution in [0.15, 0.2) is 34.9 Å². The summed E-state index contributed by atoms with van der Waals surface area (Å²) in [6, 6.07) is 10.2. The maximum Gasteiger partial charge on any atom is 0.276 e. The third-order valence-corrected chi connectivity index (χ3v) is 4.84. The summed E-state index contributed by atoms with van der Waals surface area (Å²) in [7, 11) is 0. The van der Waals surface area contributed by atoms with Crippen molar-refractivity contribution in [3.05, 3.63) is 52.9 Å². The molecule has 0 saturated carbocycles. The topological polar surface area (TPSA) is 58.4 Å². The molecule has 2 aliphatic rings. The number of aromatic nitrogens is 1. The summed E-state index contributed by atoms with van der Waals surface area (Å²) < 4.78 is 5.43. The summed E-state index contributed by atoms with van der Waals surface area (Å²) in [6.45, 7) is 2.28. The number of carbonyl (C=O) groups is 1. The Balaban J connectivity index is 1.64. The number of hydrogen-bond donors (Lipinski definition) is 1. The molecule has 2 heterocycles. The van der Waals surface area contributed by atoms with E-state index < -0.39 is 0 Å². The molecule has 1 aromatic carbocycles. The smallest absolute Gasteiger partial charge is 0.276 e. The lowest BCUT2D eigenvalue weighted by Gasteiger charge is -2.36. The Morgan fingerprint density at radius 3 is 2.91 bits per heavy atom. The number of nitrogens with zero attached hydrogens (tertiary/aromatic N) is 2.